The maximum Gasteiger partial charge on any atom is 0.0541 e. The van der Waals surface area contributed by atoms with Crippen LogP contribution in [0.5, 0.6) is 0 Å². The Hall–Kier alpha value is -0.700. The predicted octanol–water partition coefficient (Wildman–Crippen LogP) is 3.19. The van der Waals surface area contributed by atoms with Crippen LogP contribution in [0.15, 0.2) is 16.6 Å². The molecule has 0 aromatic heterocycles. The number of hydrogen-bond donors (Lipinski definition) is 1. The Morgan fingerprint density at radius 3 is 2.29 bits per heavy atom. The largest absolute Gasteiger partial charge is 0.399 e. The summed E-state index contributed by atoms with van der Waals surface area (Å²) in [5.74, 6) is 0. The minimum atomic E-state index is 0.810. The lowest BCUT2D eigenvalue weighted by atomic mass is 10.1. The van der Waals surface area contributed by atoms with Crippen molar-refractivity contribution in [2.45, 2.75) is 20.8 Å². The van der Waals surface area contributed by atoms with Gasteiger partial charge in [-0.3, -0.25) is 0 Å². The first-order valence-electron chi connectivity index (χ1n) is 4.90. The van der Waals surface area contributed by atoms with E-state index < -0.39 is 0 Å². The molecule has 0 saturated carbocycles. The minimum absolute atomic E-state index is 0.810. The topological polar surface area (TPSA) is 29.3 Å². The van der Waals surface area contributed by atoms with Crippen LogP contribution in [-0.2, 0) is 0 Å². The molecule has 0 fully saturated rings. The lowest BCUT2D eigenvalue weighted by molar-refractivity contribution is 0.859. The number of nitrogen functional groups attached to an aromatic ring is 1. The molecule has 0 heterocycles. The molecule has 0 unspecified atom stereocenters. The third-order valence-corrected chi connectivity index (χ3v) is 2.96. The number of aryl methyl sites for hydroxylation is 1. The fraction of sp³-hybridized carbons (Fsp3) is 0.455. The highest BCUT2D eigenvalue weighted by atomic mass is 79.9. The van der Waals surface area contributed by atoms with Gasteiger partial charge in [0.15, 0.2) is 0 Å². The quantitative estimate of drug-likeness (QED) is 0.842. The summed E-state index contributed by atoms with van der Waals surface area (Å²) in [6, 6.07) is 3.97. The van der Waals surface area contributed by atoms with Crippen LogP contribution in [0.4, 0.5) is 11.4 Å². The Kier molecular flexibility index (Phi) is 3.81. The van der Waals surface area contributed by atoms with Crippen molar-refractivity contribution in [3.8, 4) is 0 Å². The van der Waals surface area contributed by atoms with Crippen LogP contribution in [0.1, 0.15) is 19.4 Å². The van der Waals surface area contributed by atoms with Crippen LogP contribution >= 0.6 is 15.9 Å². The first kappa shape index (κ1) is 11.4. The smallest absolute Gasteiger partial charge is 0.0541 e. The average molecular weight is 257 g/mol. The Labute approximate surface area is 94.2 Å². The Balaban J connectivity index is 3.19. The van der Waals surface area contributed by atoms with Crippen LogP contribution in [-0.4, -0.2) is 13.1 Å². The maximum absolute atomic E-state index is 5.76. The average Bonchev–Trinajstić information content (AvgIpc) is 2.10. The van der Waals surface area contributed by atoms with E-state index in [1.807, 2.05) is 12.1 Å². The Bertz CT molecular complexity index is 296. The number of hydrogen-bond acceptors (Lipinski definition) is 2. The molecule has 1 rings (SSSR count). The molecule has 1 aromatic carbocycles. The molecule has 0 bridgehead atoms. The molecule has 0 spiro atoms. The summed E-state index contributed by atoms with van der Waals surface area (Å²) in [4.78, 5) is 2.32. The van der Waals surface area contributed by atoms with Crippen molar-refractivity contribution in [1.82, 2.24) is 0 Å². The number of anilines is 2. The van der Waals surface area contributed by atoms with Gasteiger partial charge in [0, 0.05) is 23.2 Å². The van der Waals surface area contributed by atoms with Gasteiger partial charge in [-0.05, 0) is 54.4 Å². The standard InChI is InChI=1S/C11H17BrN2/c1-4-14(5-2)11-8(3)6-9(13)7-10(11)12/h6-7H,4-5,13H2,1-3H3. The molecule has 0 atom stereocenters. The van der Waals surface area contributed by atoms with Crippen LogP contribution in [0.25, 0.3) is 0 Å². The van der Waals surface area contributed by atoms with E-state index in [9.17, 15) is 0 Å². The normalized spacial score (nSPS) is 10.3. The summed E-state index contributed by atoms with van der Waals surface area (Å²) in [5.41, 5.74) is 9.05. The van der Waals surface area contributed by atoms with E-state index in [-0.39, 0.29) is 0 Å². The second-order valence-electron chi connectivity index (χ2n) is 3.34. The molecule has 78 valence electrons. The van der Waals surface area contributed by atoms with E-state index in [0.29, 0.717) is 0 Å². The van der Waals surface area contributed by atoms with E-state index in [4.69, 9.17) is 5.73 Å². The highest BCUT2D eigenvalue weighted by molar-refractivity contribution is 9.10. The van der Waals surface area contributed by atoms with E-state index in [1.165, 1.54) is 11.3 Å². The molecule has 1 aromatic rings. The fourth-order valence-corrected chi connectivity index (χ4v) is 2.53. The van der Waals surface area contributed by atoms with Crippen LogP contribution in [0, 0.1) is 6.92 Å². The number of nitrogens with two attached hydrogens (primary N) is 1. The van der Waals surface area contributed by atoms with Gasteiger partial charge < -0.3 is 10.6 Å². The molecular formula is C11H17BrN2. The molecular weight excluding hydrogens is 240 g/mol. The number of rotatable bonds is 3. The summed E-state index contributed by atoms with van der Waals surface area (Å²) in [6.45, 7) is 8.44. The zero-order chi connectivity index (χ0) is 10.7. The van der Waals surface area contributed by atoms with Crippen molar-refractivity contribution in [2.24, 2.45) is 0 Å². The lowest BCUT2D eigenvalue weighted by Gasteiger charge is -2.24. The van der Waals surface area contributed by atoms with Gasteiger partial charge in [0.1, 0.15) is 0 Å². The molecule has 2 nitrogen and oxygen atoms in total. The summed E-state index contributed by atoms with van der Waals surface area (Å²) in [6.07, 6.45) is 0. The molecule has 3 heteroatoms. The van der Waals surface area contributed by atoms with Gasteiger partial charge >= 0.3 is 0 Å². The zero-order valence-electron chi connectivity index (χ0n) is 8.97. The van der Waals surface area contributed by atoms with Gasteiger partial charge in [-0.25, -0.2) is 0 Å². The van der Waals surface area contributed by atoms with Gasteiger partial charge in [0.25, 0.3) is 0 Å². The maximum atomic E-state index is 5.76. The number of halogens is 1. The number of nitrogens with zero attached hydrogens (tertiary/aromatic N) is 1. The third-order valence-electron chi connectivity index (χ3n) is 2.36. The first-order chi connectivity index (χ1) is 6.60. The Morgan fingerprint density at radius 2 is 1.86 bits per heavy atom. The van der Waals surface area contributed by atoms with Gasteiger partial charge in [0.05, 0.1) is 5.69 Å². The van der Waals surface area contributed by atoms with E-state index in [2.05, 4.69) is 41.6 Å². The summed E-state index contributed by atoms with van der Waals surface area (Å²) >= 11 is 3.56. The van der Waals surface area contributed by atoms with E-state index in [1.54, 1.807) is 0 Å². The van der Waals surface area contributed by atoms with Crippen molar-refractivity contribution in [2.75, 3.05) is 23.7 Å². The molecule has 0 aliphatic heterocycles. The van der Waals surface area contributed by atoms with Crippen LogP contribution in [0.3, 0.4) is 0 Å². The molecule has 0 aliphatic carbocycles. The second kappa shape index (κ2) is 4.69. The van der Waals surface area contributed by atoms with Gasteiger partial charge in [-0.1, -0.05) is 0 Å². The molecule has 14 heavy (non-hydrogen) atoms. The minimum Gasteiger partial charge on any atom is -0.399 e. The van der Waals surface area contributed by atoms with Crippen molar-refractivity contribution in [3.05, 3.63) is 22.2 Å². The second-order valence-corrected chi connectivity index (χ2v) is 4.19. The highest BCUT2D eigenvalue weighted by Gasteiger charge is 2.10. The SMILES string of the molecule is CCN(CC)c1c(C)cc(N)cc1Br. The third kappa shape index (κ3) is 2.21. The summed E-state index contributed by atoms with van der Waals surface area (Å²) in [5, 5.41) is 0. The monoisotopic (exact) mass is 256 g/mol. The van der Waals surface area contributed by atoms with E-state index >= 15 is 0 Å². The summed E-state index contributed by atoms with van der Waals surface area (Å²) < 4.78 is 1.08. The highest BCUT2D eigenvalue weighted by Crippen LogP contribution is 2.32. The molecule has 0 aliphatic rings. The Morgan fingerprint density at radius 1 is 1.29 bits per heavy atom. The zero-order valence-corrected chi connectivity index (χ0v) is 10.6. The molecule has 0 amide bonds. The van der Waals surface area contributed by atoms with E-state index in [0.717, 1.165) is 23.2 Å². The van der Waals surface area contributed by atoms with Crippen molar-refractivity contribution in [3.63, 3.8) is 0 Å². The fourth-order valence-electron chi connectivity index (χ4n) is 1.70. The first-order valence-corrected chi connectivity index (χ1v) is 5.70. The molecule has 2 N–H and O–H groups in total. The van der Waals surface area contributed by atoms with Crippen molar-refractivity contribution < 1.29 is 0 Å². The van der Waals surface area contributed by atoms with Crippen molar-refractivity contribution in [1.29, 1.82) is 0 Å². The van der Waals surface area contributed by atoms with Crippen molar-refractivity contribution >= 4 is 27.3 Å². The van der Waals surface area contributed by atoms with Gasteiger partial charge in [-0.2, -0.15) is 0 Å². The molecule has 0 saturated heterocycles. The predicted molar refractivity (Wildman–Crippen MR) is 66.9 cm³/mol. The van der Waals surface area contributed by atoms with Crippen LogP contribution in [0.2, 0.25) is 0 Å². The summed E-state index contributed by atoms with van der Waals surface area (Å²) in [7, 11) is 0. The van der Waals surface area contributed by atoms with Gasteiger partial charge in [0.2, 0.25) is 0 Å². The van der Waals surface area contributed by atoms with Crippen LogP contribution < -0.4 is 10.6 Å². The molecule has 0 radical (unpaired) electrons. The number of benzene rings is 1. The van der Waals surface area contributed by atoms with Gasteiger partial charge in [-0.15, -0.1) is 0 Å². The lowest BCUT2D eigenvalue weighted by Crippen LogP contribution is -2.23.